The molecule has 2 aromatic carbocycles. The van der Waals surface area contributed by atoms with Crippen LogP contribution in [-0.4, -0.2) is 32.3 Å². The largest absolute Gasteiger partial charge is 0.286 e. The predicted octanol–water partition coefficient (Wildman–Crippen LogP) is 3.17. The standard InChI is InChI=1S/C20H21F2N3O2S/c1-14(12-24-20(22)10-15-2-5-18(21)6-3-15)25-28(26,27)19-7-4-17-13-23-9-8-16(17)11-19/h2-9,11,13-14,20,24-25H,10,12H2,1H3. The number of rotatable bonds is 8. The maximum absolute atomic E-state index is 14.1. The van der Waals surface area contributed by atoms with Crippen LogP contribution >= 0.6 is 0 Å². The van der Waals surface area contributed by atoms with Crippen molar-refractivity contribution in [1.29, 1.82) is 0 Å². The normalized spacial score (nSPS) is 14.1. The Labute approximate surface area is 162 Å². The van der Waals surface area contributed by atoms with Crippen molar-refractivity contribution in [1.82, 2.24) is 15.0 Å². The predicted molar refractivity (Wildman–Crippen MR) is 105 cm³/mol. The first-order valence-electron chi connectivity index (χ1n) is 8.81. The molecule has 3 rings (SSSR count). The second kappa shape index (κ2) is 8.72. The van der Waals surface area contributed by atoms with Gasteiger partial charge < -0.3 is 0 Å². The van der Waals surface area contributed by atoms with Gasteiger partial charge in [0.25, 0.3) is 0 Å². The van der Waals surface area contributed by atoms with E-state index in [1.54, 1.807) is 37.5 Å². The zero-order valence-electron chi connectivity index (χ0n) is 15.3. The lowest BCUT2D eigenvalue weighted by atomic mass is 10.1. The van der Waals surface area contributed by atoms with Crippen LogP contribution in [-0.2, 0) is 16.4 Å². The van der Waals surface area contributed by atoms with Crippen LogP contribution in [0, 0.1) is 5.82 Å². The molecular formula is C20H21F2N3O2S. The first-order chi connectivity index (χ1) is 13.3. The molecule has 0 fully saturated rings. The summed E-state index contributed by atoms with van der Waals surface area (Å²) in [5, 5.41) is 4.27. The fourth-order valence-corrected chi connectivity index (χ4v) is 4.09. The Morgan fingerprint density at radius 3 is 2.57 bits per heavy atom. The highest BCUT2D eigenvalue weighted by Crippen LogP contribution is 2.18. The smallest absolute Gasteiger partial charge is 0.240 e. The number of fused-ring (bicyclic) bond motifs is 1. The summed E-state index contributed by atoms with van der Waals surface area (Å²) in [4.78, 5) is 4.14. The maximum atomic E-state index is 14.1. The number of hydrogen-bond acceptors (Lipinski definition) is 4. The molecule has 2 atom stereocenters. The summed E-state index contributed by atoms with van der Waals surface area (Å²) >= 11 is 0. The van der Waals surface area contributed by atoms with Crippen LogP contribution in [0.1, 0.15) is 12.5 Å². The van der Waals surface area contributed by atoms with E-state index < -0.39 is 22.4 Å². The molecule has 0 saturated carbocycles. The summed E-state index contributed by atoms with van der Waals surface area (Å²) in [7, 11) is -3.74. The van der Waals surface area contributed by atoms with Crippen molar-refractivity contribution in [2.45, 2.75) is 30.6 Å². The highest BCUT2D eigenvalue weighted by atomic mass is 32.2. The van der Waals surface area contributed by atoms with E-state index in [1.807, 2.05) is 0 Å². The van der Waals surface area contributed by atoms with Gasteiger partial charge in [-0.15, -0.1) is 0 Å². The summed E-state index contributed by atoms with van der Waals surface area (Å²) in [5.74, 6) is -0.375. The molecule has 8 heteroatoms. The molecule has 0 aliphatic heterocycles. The zero-order chi connectivity index (χ0) is 20.1. The molecule has 0 saturated heterocycles. The Balaban J connectivity index is 1.56. The third-order valence-corrected chi connectivity index (χ3v) is 5.84. The van der Waals surface area contributed by atoms with Crippen molar-refractivity contribution in [2.24, 2.45) is 0 Å². The average molecular weight is 405 g/mol. The minimum atomic E-state index is -3.74. The average Bonchev–Trinajstić information content (AvgIpc) is 2.67. The SMILES string of the molecule is CC(CNC(F)Cc1ccc(F)cc1)NS(=O)(=O)c1ccc2cnccc2c1. The van der Waals surface area contributed by atoms with Crippen LogP contribution in [0.25, 0.3) is 10.8 Å². The van der Waals surface area contributed by atoms with Crippen LogP contribution in [0.5, 0.6) is 0 Å². The molecular weight excluding hydrogens is 384 g/mol. The molecule has 3 aromatic rings. The van der Waals surface area contributed by atoms with Gasteiger partial charge in [0.2, 0.25) is 10.0 Å². The topological polar surface area (TPSA) is 71.1 Å². The number of hydrogen-bond donors (Lipinski definition) is 2. The highest BCUT2D eigenvalue weighted by Gasteiger charge is 2.18. The van der Waals surface area contributed by atoms with Crippen molar-refractivity contribution in [3.8, 4) is 0 Å². The minimum absolute atomic E-state index is 0.0679. The molecule has 2 unspecified atom stereocenters. The van der Waals surface area contributed by atoms with Crippen molar-refractivity contribution in [3.05, 3.63) is 72.3 Å². The number of halogens is 2. The summed E-state index contributed by atoms with van der Waals surface area (Å²) < 4.78 is 54.7. The third kappa shape index (κ3) is 5.31. The van der Waals surface area contributed by atoms with Gasteiger partial charge in [0, 0.05) is 36.8 Å². The molecule has 0 bridgehead atoms. The number of aromatic nitrogens is 1. The number of alkyl halides is 1. The van der Waals surface area contributed by atoms with Crippen molar-refractivity contribution < 1.29 is 17.2 Å². The van der Waals surface area contributed by atoms with Gasteiger partial charge in [0.05, 0.1) is 4.90 Å². The van der Waals surface area contributed by atoms with E-state index in [2.05, 4.69) is 15.0 Å². The van der Waals surface area contributed by atoms with Crippen molar-refractivity contribution in [3.63, 3.8) is 0 Å². The Morgan fingerprint density at radius 2 is 1.82 bits per heavy atom. The molecule has 28 heavy (non-hydrogen) atoms. The highest BCUT2D eigenvalue weighted by molar-refractivity contribution is 7.89. The molecule has 0 spiro atoms. The second-order valence-electron chi connectivity index (χ2n) is 6.61. The monoisotopic (exact) mass is 405 g/mol. The molecule has 0 aliphatic rings. The van der Waals surface area contributed by atoms with E-state index in [0.29, 0.717) is 5.56 Å². The van der Waals surface area contributed by atoms with Crippen LogP contribution in [0.3, 0.4) is 0 Å². The number of pyridine rings is 1. The number of benzene rings is 2. The van der Waals surface area contributed by atoms with Gasteiger partial charge in [-0.2, -0.15) is 0 Å². The van der Waals surface area contributed by atoms with E-state index in [1.165, 1.54) is 30.3 Å². The lowest BCUT2D eigenvalue weighted by molar-refractivity contribution is 0.266. The second-order valence-corrected chi connectivity index (χ2v) is 8.33. The minimum Gasteiger partial charge on any atom is -0.286 e. The molecule has 148 valence electrons. The lowest BCUT2D eigenvalue weighted by Crippen LogP contribution is -2.42. The fraction of sp³-hybridized carbons (Fsp3) is 0.250. The van der Waals surface area contributed by atoms with Gasteiger partial charge in [-0.25, -0.2) is 21.9 Å². The van der Waals surface area contributed by atoms with Gasteiger partial charge in [0.15, 0.2) is 6.30 Å². The van der Waals surface area contributed by atoms with Gasteiger partial charge in [-0.3, -0.25) is 10.3 Å². The third-order valence-electron chi connectivity index (χ3n) is 4.25. The van der Waals surface area contributed by atoms with Crippen LogP contribution < -0.4 is 10.0 Å². The number of sulfonamides is 1. The maximum Gasteiger partial charge on any atom is 0.240 e. The molecule has 2 N–H and O–H groups in total. The fourth-order valence-electron chi connectivity index (χ4n) is 2.81. The Hall–Kier alpha value is -2.42. The summed E-state index contributed by atoms with van der Waals surface area (Å²) in [5.41, 5.74) is 0.653. The lowest BCUT2D eigenvalue weighted by Gasteiger charge is -2.17. The van der Waals surface area contributed by atoms with Gasteiger partial charge in [-0.05, 0) is 48.2 Å². The molecule has 1 aromatic heterocycles. The van der Waals surface area contributed by atoms with Gasteiger partial charge >= 0.3 is 0 Å². The quantitative estimate of drug-likeness (QED) is 0.565. The first kappa shape index (κ1) is 20.3. The number of nitrogens with zero attached hydrogens (tertiary/aromatic N) is 1. The van der Waals surface area contributed by atoms with Crippen LogP contribution in [0.2, 0.25) is 0 Å². The molecule has 0 amide bonds. The molecule has 0 aliphatic carbocycles. The van der Waals surface area contributed by atoms with Crippen LogP contribution in [0.15, 0.2) is 65.8 Å². The number of nitrogens with one attached hydrogen (secondary N) is 2. The molecule has 0 radical (unpaired) electrons. The van der Waals surface area contributed by atoms with E-state index in [-0.39, 0.29) is 23.7 Å². The Morgan fingerprint density at radius 1 is 1.07 bits per heavy atom. The van der Waals surface area contributed by atoms with E-state index >= 15 is 0 Å². The van der Waals surface area contributed by atoms with Crippen molar-refractivity contribution >= 4 is 20.8 Å². The van der Waals surface area contributed by atoms with E-state index in [0.717, 1.165) is 10.8 Å². The van der Waals surface area contributed by atoms with E-state index in [4.69, 9.17) is 0 Å². The summed E-state index contributed by atoms with van der Waals surface area (Å²) in [6, 6.07) is 11.6. The summed E-state index contributed by atoms with van der Waals surface area (Å²) in [6.07, 6.45) is 1.96. The van der Waals surface area contributed by atoms with E-state index in [9.17, 15) is 17.2 Å². The Bertz CT molecular complexity index is 1040. The van der Waals surface area contributed by atoms with Crippen LogP contribution in [0.4, 0.5) is 8.78 Å². The zero-order valence-corrected chi connectivity index (χ0v) is 16.1. The summed E-state index contributed by atoms with van der Waals surface area (Å²) in [6.45, 7) is 1.76. The van der Waals surface area contributed by atoms with Gasteiger partial charge in [-0.1, -0.05) is 18.2 Å². The Kier molecular flexibility index (Phi) is 6.33. The molecule has 1 heterocycles. The van der Waals surface area contributed by atoms with Crippen molar-refractivity contribution in [2.75, 3.05) is 6.54 Å². The first-order valence-corrected chi connectivity index (χ1v) is 10.3. The van der Waals surface area contributed by atoms with Gasteiger partial charge in [0.1, 0.15) is 5.82 Å². The molecule has 5 nitrogen and oxygen atoms in total.